The van der Waals surface area contributed by atoms with E-state index in [0.29, 0.717) is 24.3 Å². The van der Waals surface area contributed by atoms with Crippen molar-refractivity contribution in [2.75, 3.05) is 46.8 Å². The van der Waals surface area contributed by atoms with Gasteiger partial charge in [0.15, 0.2) is 0 Å². The molecule has 3 rings (SSSR count). The Bertz CT molecular complexity index is 786. The molecule has 0 aromatic heterocycles. The van der Waals surface area contributed by atoms with Crippen molar-refractivity contribution in [3.05, 3.63) is 35.9 Å². The minimum absolute atomic E-state index is 0.124. The van der Waals surface area contributed by atoms with Gasteiger partial charge in [0.25, 0.3) is 0 Å². The Labute approximate surface area is 194 Å². The van der Waals surface area contributed by atoms with E-state index in [4.69, 9.17) is 9.90 Å². The van der Waals surface area contributed by atoms with E-state index in [1.165, 1.54) is 12.0 Å². The van der Waals surface area contributed by atoms with E-state index >= 15 is 0 Å². The first-order valence-corrected chi connectivity index (χ1v) is 11.4. The van der Waals surface area contributed by atoms with E-state index in [9.17, 15) is 18.0 Å². The number of amides is 1. The normalized spacial score (nSPS) is 23.8. The standard InChI is InChI=1S/C22H35N3O.C2HF3O2/c1-18(2)16-24-13-12-22(19-8-6-5-7-9-19)11-10-21(26)25(17-20(22)24)15-14-23(3)4;3-2(4,5)1(6)7/h5-9,18,20H,10-17H2,1-4H3;(H,6,7). The van der Waals surface area contributed by atoms with Gasteiger partial charge in [-0.15, -0.1) is 0 Å². The molecule has 1 N–H and O–H groups in total. The third kappa shape index (κ3) is 7.17. The predicted molar refractivity (Wildman–Crippen MR) is 121 cm³/mol. The summed E-state index contributed by atoms with van der Waals surface area (Å²) < 4.78 is 31.7. The van der Waals surface area contributed by atoms with E-state index in [-0.39, 0.29) is 5.41 Å². The molecule has 9 heteroatoms. The summed E-state index contributed by atoms with van der Waals surface area (Å²) in [5.74, 6) is -1.77. The molecule has 0 radical (unpaired) electrons. The SMILES string of the molecule is CC(C)CN1CCC2(c3ccccc3)CCC(=O)N(CCN(C)C)CC12.O=C(O)C(F)(F)F. The number of carbonyl (C=O) groups excluding carboxylic acids is 1. The molecule has 2 aliphatic rings. The largest absolute Gasteiger partial charge is 0.490 e. The van der Waals surface area contributed by atoms with Crippen molar-refractivity contribution in [1.82, 2.24) is 14.7 Å². The second-order valence-electron chi connectivity index (χ2n) is 9.62. The molecule has 0 bridgehead atoms. The van der Waals surface area contributed by atoms with Crippen LogP contribution in [0.3, 0.4) is 0 Å². The number of halogens is 3. The highest BCUT2D eigenvalue weighted by Crippen LogP contribution is 2.46. The van der Waals surface area contributed by atoms with Gasteiger partial charge < -0.3 is 14.9 Å². The first-order valence-electron chi connectivity index (χ1n) is 11.4. The molecule has 0 spiro atoms. The fourth-order valence-corrected chi connectivity index (χ4v) is 4.87. The van der Waals surface area contributed by atoms with Crippen LogP contribution in [-0.2, 0) is 15.0 Å². The molecule has 2 saturated heterocycles. The van der Waals surface area contributed by atoms with Crippen LogP contribution in [0.1, 0.15) is 38.7 Å². The average molecular weight is 472 g/mol. The predicted octanol–water partition coefficient (Wildman–Crippen LogP) is 3.47. The second-order valence-corrected chi connectivity index (χ2v) is 9.62. The molecular weight excluding hydrogens is 435 g/mol. The molecule has 0 aliphatic carbocycles. The molecule has 2 unspecified atom stereocenters. The number of hydrogen-bond acceptors (Lipinski definition) is 4. The van der Waals surface area contributed by atoms with Crippen molar-refractivity contribution < 1.29 is 27.9 Å². The van der Waals surface area contributed by atoms with Gasteiger partial charge in [-0.3, -0.25) is 9.69 Å². The number of alkyl halides is 3. The maximum absolute atomic E-state index is 12.8. The number of carboxylic acid groups (broad SMARTS) is 1. The molecule has 2 aliphatic heterocycles. The van der Waals surface area contributed by atoms with Crippen molar-refractivity contribution in [1.29, 1.82) is 0 Å². The summed E-state index contributed by atoms with van der Waals surface area (Å²) >= 11 is 0. The fourth-order valence-electron chi connectivity index (χ4n) is 4.87. The molecule has 186 valence electrons. The van der Waals surface area contributed by atoms with Gasteiger partial charge in [-0.25, -0.2) is 4.79 Å². The lowest BCUT2D eigenvalue weighted by Gasteiger charge is -2.39. The van der Waals surface area contributed by atoms with Crippen LogP contribution < -0.4 is 0 Å². The van der Waals surface area contributed by atoms with E-state index in [0.717, 1.165) is 39.1 Å². The van der Waals surface area contributed by atoms with Crippen LogP contribution in [0.15, 0.2) is 30.3 Å². The Balaban J connectivity index is 0.000000479. The van der Waals surface area contributed by atoms with Gasteiger partial charge in [-0.05, 0) is 45.0 Å². The first-order chi connectivity index (χ1) is 15.4. The van der Waals surface area contributed by atoms with Crippen molar-refractivity contribution in [2.45, 2.75) is 50.7 Å². The number of hydrogen-bond donors (Lipinski definition) is 1. The third-order valence-electron chi connectivity index (χ3n) is 6.46. The molecule has 2 atom stereocenters. The molecule has 33 heavy (non-hydrogen) atoms. The number of carboxylic acids is 1. The lowest BCUT2D eigenvalue weighted by Crippen LogP contribution is -2.50. The average Bonchev–Trinajstić information content (AvgIpc) is 2.99. The van der Waals surface area contributed by atoms with Gasteiger partial charge in [-0.2, -0.15) is 13.2 Å². The monoisotopic (exact) mass is 471 g/mol. The van der Waals surface area contributed by atoms with Crippen LogP contribution >= 0.6 is 0 Å². The molecule has 1 amide bonds. The number of benzene rings is 1. The molecule has 2 heterocycles. The molecule has 1 aromatic rings. The van der Waals surface area contributed by atoms with E-state index in [2.05, 4.69) is 73.0 Å². The Morgan fingerprint density at radius 2 is 1.82 bits per heavy atom. The van der Waals surface area contributed by atoms with Crippen molar-refractivity contribution in [2.24, 2.45) is 5.92 Å². The smallest absolute Gasteiger partial charge is 0.475 e. The summed E-state index contributed by atoms with van der Waals surface area (Å²) in [4.78, 5) is 28.7. The minimum atomic E-state index is -5.08. The van der Waals surface area contributed by atoms with E-state index < -0.39 is 12.1 Å². The summed E-state index contributed by atoms with van der Waals surface area (Å²) in [5.41, 5.74) is 1.55. The summed E-state index contributed by atoms with van der Waals surface area (Å²) in [6.45, 7) is 9.50. The Hall–Kier alpha value is -2.13. The molecule has 6 nitrogen and oxygen atoms in total. The quantitative estimate of drug-likeness (QED) is 0.689. The summed E-state index contributed by atoms with van der Waals surface area (Å²) in [6.07, 6.45) is -2.26. The third-order valence-corrected chi connectivity index (χ3v) is 6.46. The van der Waals surface area contributed by atoms with E-state index in [1.54, 1.807) is 0 Å². The lowest BCUT2D eigenvalue weighted by atomic mass is 9.71. The number of likely N-dealkylation sites (N-methyl/N-ethyl adjacent to an activating group) is 1. The highest BCUT2D eigenvalue weighted by Gasteiger charge is 2.50. The highest BCUT2D eigenvalue weighted by atomic mass is 19.4. The number of fused-ring (bicyclic) bond motifs is 1. The summed E-state index contributed by atoms with van der Waals surface area (Å²) in [5, 5.41) is 7.12. The first kappa shape index (κ1) is 27.1. The summed E-state index contributed by atoms with van der Waals surface area (Å²) in [6, 6.07) is 11.4. The zero-order valence-corrected chi connectivity index (χ0v) is 19.9. The molecule has 0 saturated carbocycles. The summed E-state index contributed by atoms with van der Waals surface area (Å²) in [7, 11) is 4.16. The van der Waals surface area contributed by atoms with Gasteiger partial charge in [0, 0.05) is 44.1 Å². The van der Waals surface area contributed by atoms with Crippen LogP contribution in [0.5, 0.6) is 0 Å². The zero-order chi connectivity index (χ0) is 24.8. The van der Waals surface area contributed by atoms with Gasteiger partial charge in [-0.1, -0.05) is 44.2 Å². The van der Waals surface area contributed by atoms with Crippen LogP contribution in [0.4, 0.5) is 13.2 Å². The maximum Gasteiger partial charge on any atom is 0.490 e. The Morgan fingerprint density at radius 1 is 1.21 bits per heavy atom. The van der Waals surface area contributed by atoms with Crippen molar-refractivity contribution in [3.63, 3.8) is 0 Å². The van der Waals surface area contributed by atoms with Gasteiger partial charge in [0.05, 0.1) is 0 Å². The van der Waals surface area contributed by atoms with Gasteiger partial charge in [0.1, 0.15) is 0 Å². The minimum Gasteiger partial charge on any atom is -0.475 e. The van der Waals surface area contributed by atoms with Crippen LogP contribution in [0, 0.1) is 5.92 Å². The fraction of sp³-hybridized carbons (Fsp3) is 0.667. The lowest BCUT2D eigenvalue weighted by molar-refractivity contribution is -0.192. The number of carbonyl (C=O) groups is 2. The number of likely N-dealkylation sites (tertiary alicyclic amines) is 2. The van der Waals surface area contributed by atoms with Crippen LogP contribution in [0.2, 0.25) is 0 Å². The van der Waals surface area contributed by atoms with Gasteiger partial charge >= 0.3 is 12.1 Å². The Morgan fingerprint density at radius 3 is 2.33 bits per heavy atom. The number of nitrogens with zero attached hydrogens (tertiary/aromatic N) is 3. The van der Waals surface area contributed by atoms with Crippen molar-refractivity contribution >= 4 is 11.9 Å². The maximum atomic E-state index is 12.8. The Kier molecular flexibility index (Phi) is 9.31. The van der Waals surface area contributed by atoms with Crippen LogP contribution in [-0.4, -0.2) is 90.7 Å². The molecular formula is C24H36F3N3O3. The van der Waals surface area contributed by atoms with Gasteiger partial charge in [0.2, 0.25) is 5.91 Å². The number of aliphatic carboxylic acids is 1. The van der Waals surface area contributed by atoms with Crippen LogP contribution in [0.25, 0.3) is 0 Å². The highest BCUT2D eigenvalue weighted by molar-refractivity contribution is 5.77. The van der Waals surface area contributed by atoms with Crippen molar-refractivity contribution in [3.8, 4) is 0 Å². The van der Waals surface area contributed by atoms with E-state index in [1.807, 2.05) is 0 Å². The molecule has 1 aromatic carbocycles. The second kappa shape index (κ2) is 11.3. The zero-order valence-electron chi connectivity index (χ0n) is 19.9. The molecule has 2 fully saturated rings. The number of rotatable bonds is 6. The topological polar surface area (TPSA) is 64.1 Å².